The lowest BCUT2D eigenvalue weighted by Gasteiger charge is -2.28. The van der Waals surface area contributed by atoms with E-state index in [0.717, 1.165) is 23.0 Å². The number of para-hydroxylation sites is 1. The molecule has 1 saturated heterocycles. The summed E-state index contributed by atoms with van der Waals surface area (Å²) in [6, 6.07) is 17.0. The maximum absolute atomic E-state index is 14.0. The second-order valence-electron chi connectivity index (χ2n) is 8.85. The van der Waals surface area contributed by atoms with Gasteiger partial charge in [0.05, 0.1) is 20.1 Å². The number of hydrogen-bond acceptors (Lipinski definition) is 2. The number of carbonyl (C=O) groups is 2. The first kappa shape index (κ1) is 25.2. The number of halogens is 4. The summed E-state index contributed by atoms with van der Waals surface area (Å²) < 4.78 is 2.18. The first-order valence-electron chi connectivity index (χ1n) is 11.6. The van der Waals surface area contributed by atoms with Crippen molar-refractivity contribution in [2.75, 3.05) is 6.54 Å². The number of benzene rings is 3. The number of amides is 1. The topological polar surface area (TPSA) is 42.3 Å². The second kappa shape index (κ2) is 10.1. The first-order valence-corrected chi connectivity index (χ1v) is 13.1. The fourth-order valence-electron chi connectivity index (χ4n) is 5.12. The molecule has 0 saturated carbocycles. The number of aromatic nitrogens is 1. The summed E-state index contributed by atoms with van der Waals surface area (Å²) in [5.74, 6) is -0.650. The van der Waals surface area contributed by atoms with Crippen molar-refractivity contribution >= 4 is 69.0 Å². The van der Waals surface area contributed by atoms with Crippen molar-refractivity contribution in [3.63, 3.8) is 0 Å². The zero-order valence-electron chi connectivity index (χ0n) is 19.3. The maximum Gasteiger partial charge on any atom is 0.254 e. The number of nitrogens with zero attached hydrogens (tertiary/aromatic N) is 2. The summed E-state index contributed by atoms with van der Waals surface area (Å²) in [7, 11) is 0. The molecule has 5 rings (SSSR count). The minimum absolute atomic E-state index is 0.183. The summed E-state index contributed by atoms with van der Waals surface area (Å²) in [4.78, 5) is 29.4. The van der Waals surface area contributed by atoms with E-state index >= 15 is 0 Å². The zero-order valence-corrected chi connectivity index (χ0v) is 22.4. The van der Waals surface area contributed by atoms with Crippen molar-refractivity contribution in [3.05, 3.63) is 104 Å². The number of hydrogen-bond donors (Lipinski definition) is 0. The quantitative estimate of drug-likeness (QED) is 0.231. The molecule has 0 spiro atoms. The smallest absolute Gasteiger partial charge is 0.254 e. The number of rotatable bonds is 5. The van der Waals surface area contributed by atoms with Gasteiger partial charge in [0, 0.05) is 47.2 Å². The van der Waals surface area contributed by atoms with Gasteiger partial charge in [-0.2, -0.15) is 0 Å². The van der Waals surface area contributed by atoms with Crippen LogP contribution in [0.5, 0.6) is 0 Å². The Labute approximate surface area is 229 Å². The van der Waals surface area contributed by atoms with Gasteiger partial charge in [0.2, 0.25) is 0 Å². The molecule has 0 radical (unpaired) electrons. The van der Waals surface area contributed by atoms with E-state index in [4.69, 9.17) is 46.4 Å². The fraction of sp³-hybridized carbons (Fsp3) is 0.214. The number of carbonyl (C=O) groups excluding carboxylic acids is 2. The summed E-state index contributed by atoms with van der Waals surface area (Å²) in [6.45, 7) is 3.31. The minimum atomic E-state index is -0.722. The molecule has 2 unspecified atom stereocenters. The highest BCUT2D eigenvalue weighted by Crippen LogP contribution is 2.41. The average molecular weight is 560 g/mol. The molecular weight excluding hydrogens is 538 g/mol. The van der Waals surface area contributed by atoms with Gasteiger partial charge in [-0.15, -0.1) is 0 Å². The lowest BCUT2D eigenvalue weighted by atomic mass is 9.87. The molecular formula is C28H22Cl4N2O2. The summed E-state index contributed by atoms with van der Waals surface area (Å²) in [5.41, 5.74) is 2.95. The molecule has 3 aromatic carbocycles. The van der Waals surface area contributed by atoms with Crippen LogP contribution in [0.2, 0.25) is 20.1 Å². The Bertz CT molecular complexity index is 1500. The van der Waals surface area contributed by atoms with Gasteiger partial charge in [-0.25, -0.2) is 0 Å². The Kier molecular flexibility index (Phi) is 7.06. The molecule has 0 N–H and O–H groups in total. The van der Waals surface area contributed by atoms with Crippen LogP contribution in [0.15, 0.2) is 66.9 Å². The van der Waals surface area contributed by atoms with E-state index in [2.05, 4.69) is 29.8 Å². The van der Waals surface area contributed by atoms with E-state index in [9.17, 15) is 9.59 Å². The number of aryl methyl sites for hydroxylation is 1. The van der Waals surface area contributed by atoms with E-state index in [1.165, 1.54) is 0 Å². The van der Waals surface area contributed by atoms with Crippen molar-refractivity contribution < 1.29 is 9.59 Å². The first-order chi connectivity index (χ1) is 17.3. The van der Waals surface area contributed by atoms with Crippen molar-refractivity contribution in [1.82, 2.24) is 9.47 Å². The van der Waals surface area contributed by atoms with Crippen LogP contribution in [-0.2, 0) is 6.54 Å². The largest absolute Gasteiger partial charge is 0.347 e. The summed E-state index contributed by atoms with van der Waals surface area (Å²) in [5, 5.41) is 2.40. The standard InChI is InChI=1S/C28H22Cl4N2O2/c1-2-33-15-20(18-5-3-4-6-25(18)33)19-11-12-34(28(36)17-8-10-22(30)24(32)14-17)26(19)27(35)16-7-9-21(29)23(31)13-16/h3-10,13-15,19,26H,2,11-12H2,1H3. The van der Waals surface area contributed by atoms with Gasteiger partial charge < -0.3 is 9.47 Å². The summed E-state index contributed by atoms with van der Waals surface area (Å²) >= 11 is 24.6. The molecule has 4 nitrogen and oxygen atoms in total. The Hall–Kier alpha value is -2.50. The molecule has 1 aliphatic heterocycles. The van der Waals surface area contributed by atoms with Crippen LogP contribution < -0.4 is 0 Å². The number of likely N-dealkylation sites (tertiary alicyclic amines) is 1. The van der Waals surface area contributed by atoms with E-state index in [1.807, 2.05) is 12.1 Å². The molecule has 1 aliphatic rings. The third-order valence-electron chi connectivity index (χ3n) is 6.86. The lowest BCUT2D eigenvalue weighted by Crippen LogP contribution is -2.43. The van der Waals surface area contributed by atoms with Crippen LogP contribution >= 0.6 is 46.4 Å². The Balaban J connectivity index is 1.62. The van der Waals surface area contributed by atoms with Crippen molar-refractivity contribution in [2.24, 2.45) is 0 Å². The second-order valence-corrected chi connectivity index (χ2v) is 10.5. The average Bonchev–Trinajstić information content (AvgIpc) is 3.48. The summed E-state index contributed by atoms with van der Waals surface area (Å²) in [6.07, 6.45) is 2.75. The lowest BCUT2D eigenvalue weighted by molar-refractivity contribution is 0.0662. The van der Waals surface area contributed by atoms with Crippen molar-refractivity contribution in [3.8, 4) is 0 Å². The number of ketones is 1. The van der Waals surface area contributed by atoms with Gasteiger partial charge in [0.25, 0.3) is 5.91 Å². The molecule has 1 aromatic heterocycles. The Morgan fingerprint density at radius 1 is 0.861 bits per heavy atom. The highest BCUT2D eigenvalue weighted by atomic mass is 35.5. The highest BCUT2D eigenvalue weighted by Gasteiger charge is 2.44. The molecule has 0 bridgehead atoms. The third kappa shape index (κ3) is 4.41. The van der Waals surface area contributed by atoms with Crippen molar-refractivity contribution in [1.29, 1.82) is 0 Å². The highest BCUT2D eigenvalue weighted by molar-refractivity contribution is 6.42. The Morgan fingerprint density at radius 3 is 2.17 bits per heavy atom. The van der Waals surface area contributed by atoms with E-state index in [1.54, 1.807) is 41.3 Å². The van der Waals surface area contributed by atoms with Gasteiger partial charge in [0.15, 0.2) is 5.78 Å². The molecule has 1 fully saturated rings. The van der Waals surface area contributed by atoms with Crippen LogP contribution in [0, 0.1) is 0 Å². The van der Waals surface area contributed by atoms with E-state index in [0.29, 0.717) is 39.2 Å². The number of Topliss-reactive ketones (excluding diaryl/α,β-unsaturated/α-hetero) is 1. The zero-order chi connectivity index (χ0) is 25.6. The molecule has 1 amide bonds. The van der Waals surface area contributed by atoms with Crippen LogP contribution in [0.3, 0.4) is 0 Å². The molecule has 8 heteroatoms. The van der Waals surface area contributed by atoms with Crippen LogP contribution in [0.1, 0.15) is 45.5 Å². The molecule has 4 aromatic rings. The minimum Gasteiger partial charge on any atom is -0.347 e. The van der Waals surface area contributed by atoms with Crippen LogP contribution in [-0.4, -0.2) is 33.7 Å². The van der Waals surface area contributed by atoms with E-state index < -0.39 is 6.04 Å². The molecule has 2 atom stereocenters. The third-order valence-corrected chi connectivity index (χ3v) is 8.34. The molecule has 36 heavy (non-hydrogen) atoms. The maximum atomic E-state index is 14.0. The van der Waals surface area contributed by atoms with Gasteiger partial charge in [0.1, 0.15) is 6.04 Å². The molecule has 2 heterocycles. The molecule has 0 aliphatic carbocycles. The Morgan fingerprint density at radius 2 is 1.50 bits per heavy atom. The van der Waals surface area contributed by atoms with Gasteiger partial charge in [-0.05, 0) is 61.4 Å². The van der Waals surface area contributed by atoms with E-state index in [-0.39, 0.29) is 22.6 Å². The normalized spacial score (nSPS) is 17.6. The van der Waals surface area contributed by atoms with Crippen LogP contribution in [0.4, 0.5) is 0 Å². The SMILES string of the molecule is CCn1cc(C2CCN(C(=O)c3ccc(Cl)c(Cl)c3)C2C(=O)c2ccc(Cl)c(Cl)c2)c2ccccc21. The number of fused-ring (bicyclic) bond motifs is 1. The predicted molar refractivity (Wildman–Crippen MR) is 147 cm³/mol. The molecule has 184 valence electrons. The van der Waals surface area contributed by atoms with Gasteiger partial charge in [-0.3, -0.25) is 9.59 Å². The van der Waals surface area contributed by atoms with Gasteiger partial charge in [-0.1, -0.05) is 64.6 Å². The fourth-order valence-corrected chi connectivity index (χ4v) is 5.71. The van der Waals surface area contributed by atoms with Crippen molar-refractivity contribution in [2.45, 2.75) is 31.8 Å². The predicted octanol–water partition coefficient (Wildman–Crippen LogP) is 8.16. The van der Waals surface area contributed by atoms with Gasteiger partial charge >= 0.3 is 0 Å². The monoisotopic (exact) mass is 558 g/mol. The van der Waals surface area contributed by atoms with Crippen LogP contribution in [0.25, 0.3) is 10.9 Å².